The number of nitrogen functional groups attached to an aromatic ring is 1. The molecule has 7 heteroatoms. The molecular formula is C11H13N3O4. The maximum atomic E-state index is 11.6. The normalized spacial score (nSPS) is 31.2. The predicted octanol–water partition coefficient (Wildman–Crippen LogP) is -1.53. The summed E-state index contributed by atoms with van der Waals surface area (Å²) in [6.45, 7) is -0.529. The fraction of sp³-hybridized carbons (Fsp3) is 0.455. The van der Waals surface area contributed by atoms with Gasteiger partial charge in [-0.05, 0) is 6.07 Å². The highest BCUT2D eigenvalue weighted by atomic mass is 16.6. The molecule has 96 valence electrons. The summed E-state index contributed by atoms with van der Waals surface area (Å²) in [5.41, 5.74) is 3.29. The second kappa shape index (κ2) is 4.42. The smallest absolute Gasteiger partial charge is 0.351 e. The summed E-state index contributed by atoms with van der Waals surface area (Å²) in [6.07, 6.45) is 4.93. The Hall–Kier alpha value is -1.88. The van der Waals surface area contributed by atoms with Gasteiger partial charge in [-0.2, -0.15) is 4.98 Å². The Kier molecular flexibility index (Phi) is 3.09. The van der Waals surface area contributed by atoms with Gasteiger partial charge in [0, 0.05) is 12.6 Å². The zero-order valence-corrected chi connectivity index (χ0v) is 9.48. The van der Waals surface area contributed by atoms with Crippen LogP contribution in [0.2, 0.25) is 0 Å². The summed E-state index contributed by atoms with van der Waals surface area (Å²) in [5, 5.41) is 19.0. The van der Waals surface area contributed by atoms with Gasteiger partial charge in [0.25, 0.3) is 0 Å². The van der Waals surface area contributed by atoms with Gasteiger partial charge in [0.15, 0.2) is 5.60 Å². The van der Waals surface area contributed by atoms with E-state index >= 15 is 0 Å². The van der Waals surface area contributed by atoms with Crippen molar-refractivity contribution < 1.29 is 14.9 Å². The van der Waals surface area contributed by atoms with Crippen LogP contribution in [0.3, 0.4) is 0 Å². The second-order valence-electron chi connectivity index (χ2n) is 4.06. The molecule has 7 nitrogen and oxygen atoms in total. The van der Waals surface area contributed by atoms with Gasteiger partial charge in [0.05, 0.1) is 6.61 Å². The van der Waals surface area contributed by atoms with E-state index in [0.717, 1.165) is 0 Å². The number of rotatable bonds is 2. The monoisotopic (exact) mass is 251 g/mol. The number of nitrogens with zero attached hydrogens (tertiary/aromatic N) is 2. The van der Waals surface area contributed by atoms with Crippen LogP contribution < -0.4 is 11.4 Å². The van der Waals surface area contributed by atoms with Gasteiger partial charge in [0.2, 0.25) is 0 Å². The highest BCUT2D eigenvalue weighted by Crippen LogP contribution is 2.35. The number of anilines is 1. The molecule has 1 aliphatic rings. The first kappa shape index (κ1) is 12.6. The number of terminal acetylenes is 1. The van der Waals surface area contributed by atoms with Crippen molar-refractivity contribution in [3.8, 4) is 12.3 Å². The van der Waals surface area contributed by atoms with Crippen molar-refractivity contribution in [1.29, 1.82) is 0 Å². The van der Waals surface area contributed by atoms with E-state index in [1.54, 1.807) is 0 Å². The number of ether oxygens (including phenoxy) is 1. The van der Waals surface area contributed by atoms with Crippen LogP contribution in [-0.4, -0.2) is 38.1 Å². The van der Waals surface area contributed by atoms with E-state index in [4.69, 9.17) is 16.9 Å². The maximum Gasteiger partial charge on any atom is 0.351 e. The third kappa shape index (κ3) is 1.86. The van der Waals surface area contributed by atoms with Crippen molar-refractivity contribution in [3.05, 3.63) is 22.7 Å². The lowest BCUT2D eigenvalue weighted by Gasteiger charge is -2.23. The van der Waals surface area contributed by atoms with Crippen LogP contribution in [-0.2, 0) is 4.74 Å². The Balaban J connectivity index is 2.33. The standard InChI is InChI=1S/C11H13N3O4/c1-2-11(6-15)7(16)5-9(18-11)14-4-3-8(12)13-10(14)17/h1,3-4,7,9,15-16H,5-6H2,(H2,12,13,17)/t7?,9-,11-/m1/s1. The van der Waals surface area contributed by atoms with Crippen LogP contribution in [0.25, 0.3) is 0 Å². The topological polar surface area (TPSA) is 111 Å². The minimum atomic E-state index is -1.48. The fourth-order valence-corrected chi connectivity index (χ4v) is 1.88. The number of aromatic nitrogens is 2. The molecule has 0 spiro atoms. The minimum Gasteiger partial charge on any atom is -0.392 e. The lowest BCUT2D eigenvalue weighted by atomic mass is 9.99. The first-order chi connectivity index (χ1) is 8.52. The third-order valence-corrected chi connectivity index (χ3v) is 2.95. The minimum absolute atomic E-state index is 0.0935. The SMILES string of the molecule is C#C[C@]1(CO)O[C@@H](n2ccc(N)nc2=O)CC1O. The summed E-state index contributed by atoms with van der Waals surface area (Å²) in [5.74, 6) is 2.32. The molecule has 1 aromatic heterocycles. The van der Waals surface area contributed by atoms with Gasteiger partial charge in [-0.1, -0.05) is 5.92 Å². The Morgan fingerprint density at radius 3 is 3.00 bits per heavy atom. The first-order valence-corrected chi connectivity index (χ1v) is 5.31. The van der Waals surface area contributed by atoms with Gasteiger partial charge in [-0.15, -0.1) is 6.42 Å². The van der Waals surface area contributed by atoms with Crippen molar-refractivity contribution >= 4 is 5.82 Å². The van der Waals surface area contributed by atoms with Crippen molar-refractivity contribution in [2.45, 2.75) is 24.4 Å². The van der Waals surface area contributed by atoms with Crippen LogP contribution in [0.5, 0.6) is 0 Å². The highest BCUT2D eigenvalue weighted by molar-refractivity contribution is 5.24. The fourth-order valence-electron chi connectivity index (χ4n) is 1.88. The molecule has 1 aromatic rings. The quantitative estimate of drug-likeness (QED) is 0.550. The lowest BCUT2D eigenvalue weighted by molar-refractivity contribution is -0.0912. The number of nitrogens with two attached hydrogens (primary N) is 1. The molecule has 18 heavy (non-hydrogen) atoms. The molecule has 1 fully saturated rings. The van der Waals surface area contributed by atoms with Gasteiger partial charge in [-0.3, -0.25) is 4.57 Å². The van der Waals surface area contributed by atoms with Gasteiger partial charge in [0.1, 0.15) is 18.1 Å². The van der Waals surface area contributed by atoms with E-state index < -0.39 is 30.2 Å². The second-order valence-corrected chi connectivity index (χ2v) is 4.06. The Morgan fingerprint density at radius 1 is 1.78 bits per heavy atom. The number of aliphatic hydroxyl groups excluding tert-OH is 2. The summed E-state index contributed by atoms with van der Waals surface area (Å²) in [6, 6.07) is 1.44. The van der Waals surface area contributed by atoms with E-state index in [-0.39, 0.29) is 12.2 Å². The van der Waals surface area contributed by atoms with Crippen LogP contribution in [0.15, 0.2) is 17.1 Å². The van der Waals surface area contributed by atoms with Crippen molar-refractivity contribution in [1.82, 2.24) is 9.55 Å². The van der Waals surface area contributed by atoms with E-state index in [1.807, 2.05) is 0 Å². The molecule has 2 rings (SSSR count). The van der Waals surface area contributed by atoms with Crippen molar-refractivity contribution in [2.24, 2.45) is 0 Å². The summed E-state index contributed by atoms with van der Waals surface area (Å²) in [7, 11) is 0. The summed E-state index contributed by atoms with van der Waals surface area (Å²) < 4.78 is 6.59. The van der Waals surface area contributed by atoms with Crippen LogP contribution in [0.4, 0.5) is 5.82 Å². The van der Waals surface area contributed by atoms with Gasteiger partial charge >= 0.3 is 5.69 Å². The highest BCUT2D eigenvalue weighted by Gasteiger charge is 2.47. The predicted molar refractivity (Wildman–Crippen MR) is 62.3 cm³/mol. The molecule has 0 amide bonds. The van der Waals surface area contributed by atoms with E-state index in [1.165, 1.54) is 16.8 Å². The van der Waals surface area contributed by atoms with Crippen LogP contribution >= 0.6 is 0 Å². The lowest BCUT2D eigenvalue weighted by Crippen LogP contribution is -2.41. The van der Waals surface area contributed by atoms with E-state index in [2.05, 4.69) is 10.9 Å². The van der Waals surface area contributed by atoms with Crippen molar-refractivity contribution in [2.75, 3.05) is 12.3 Å². The largest absolute Gasteiger partial charge is 0.392 e. The Labute approximate surface area is 103 Å². The molecule has 0 bridgehead atoms. The van der Waals surface area contributed by atoms with E-state index in [9.17, 15) is 15.0 Å². The maximum absolute atomic E-state index is 11.6. The summed E-state index contributed by atoms with van der Waals surface area (Å²) >= 11 is 0. The molecule has 1 aliphatic heterocycles. The van der Waals surface area contributed by atoms with Crippen molar-refractivity contribution in [3.63, 3.8) is 0 Å². The van der Waals surface area contributed by atoms with Gasteiger partial charge in [-0.25, -0.2) is 4.79 Å². The molecule has 0 aromatic carbocycles. The number of hydrogen-bond donors (Lipinski definition) is 3. The average molecular weight is 251 g/mol. The first-order valence-electron chi connectivity index (χ1n) is 5.31. The molecule has 1 saturated heterocycles. The zero-order chi connectivity index (χ0) is 13.3. The van der Waals surface area contributed by atoms with Gasteiger partial charge < -0.3 is 20.7 Å². The number of aliphatic hydroxyl groups is 2. The Bertz CT molecular complexity index is 550. The molecule has 0 saturated carbocycles. The molecule has 4 N–H and O–H groups in total. The summed E-state index contributed by atoms with van der Waals surface area (Å²) in [4.78, 5) is 15.2. The Morgan fingerprint density at radius 2 is 2.50 bits per heavy atom. The molecule has 0 radical (unpaired) electrons. The zero-order valence-electron chi connectivity index (χ0n) is 9.48. The average Bonchev–Trinajstić information content (AvgIpc) is 2.67. The molecular weight excluding hydrogens is 238 g/mol. The number of hydrogen-bond acceptors (Lipinski definition) is 6. The van der Waals surface area contributed by atoms with E-state index in [0.29, 0.717) is 0 Å². The molecule has 0 aliphatic carbocycles. The van der Waals surface area contributed by atoms with Crippen LogP contribution in [0.1, 0.15) is 12.6 Å². The van der Waals surface area contributed by atoms with Crippen LogP contribution in [0, 0.1) is 12.3 Å². The third-order valence-electron chi connectivity index (χ3n) is 2.95. The molecule has 1 unspecified atom stereocenters. The molecule has 3 atom stereocenters. The molecule has 2 heterocycles.